The summed E-state index contributed by atoms with van der Waals surface area (Å²) in [7, 11) is 0. The van der Waals surface area contributed by atoms with E-state index in [0.717, 1.165) is 5.56 Å². The zero-order chi connectivity index (χ0) is 15.8. The van der Waals surface area contributed by atoms with Crippen molar-refractivity contribution in [2.75, 3.05) is 6.61 Å². The summed E-state index contributed by atoms with van der Waals surface area (Å²) in [6.45, 7) is 4.27. The smallest absolute Gasteiger partial charge is 0.307 e. The Labute approximate surface area is 132 Å². The van der Waals surface area contributed by atoms with Gasteiger partial charge in [-0.25, -0.2) is 0 Å². The maximum atomic E-state index is 11.7. The van der Waals surface area contributed by atoms with E-state index in [1.807, 2.05) is 30.3 Å². The van der Waals surface area contributed by atoms with E-state index >= 15 is 0 Å². The molecule has 0 unspecified atom stereocenters. The summed E-state index contributed by atoms with van der Waals surface area (Å²) in [5, 5.41) is 0. The molecular formula is C20H20O2. The van der Waals surface area contributed by atoms with Gasteiger partial charge >= 0.3 is 5.97 Å². The van der Waals surface area contributed by atoms with E-state index in [2.05, 4.69) is 43.9 Å². The Morgan fingerprint density at radius 3 is 2.59 bits per heavy atom. The molecule has 2 aromatic carbocycles. The predicted molar refractivity (Wildman–Crippen MR) is 88.5 cm³/mol. The van der Waals surface area contributed by atoms with Crippen molar-refractivity contribution in [3.63, 3.8) is 0 Å². The Morgan fingerprint density at radius 1 is 1.09 bits per heavy atom. The van der Waals surface area contributed by atoms with Gasteiger partial charge < -0.3 is 4.74 Å². The molecule has 0 fully saturated rings. The largest absolute Gasteiger partial charge is 0.452 e. The van der Waals surface area contributed by atoms with Crippen molar-refractivity contribution >= 4 is 5.97 Å². The van der Waals surface area contributed by atoms with Crippen LogP contribution in [0.3, 0.4) is 0 Å². The second kappa shape index (κ2) is 8.05. The Bertz CT molecular complexity index is 691. The summed E-state index contributed by atoms with van der Waals surface area (Å²) in [6, 6.07) is 15.9. The van der Waals surface area contributed by atoms with Gasteiger partial charge in [-0.15, -0.1) is 0 Å². The molecule has 0 aliphatic heterocycles. The van der Waals surface area contributed by atoms with Crippen LogP contribution in [-0.4, -0.2) is 12.6 Å². The van der Waals surface area contributed by atoms with E-state index in [4.69, 9.17) is 4.74 Å². The highest BCUT2D eigenvalue weighted by Gasteiger charge is 2.05. The molecular weight excluding hydrogens is 272 g/mol. The number of hydrogen-bond donors (Lipinski definition) is 0. The van der Waals surface area contributed by atoms with Crippen molar-refractivity contribution in [3.05, 3.63) is 70.8 Å². The van der Waals surface area contributed by atoms with Crippen molar-refractivity contribution in [1.29, 1.82) is 0 Å². The summed E-state index contributed by atoms with van der Waals surface area (Å²) in [6.07, 6.45) is 1.09. The van der Waals surface area contributed by atoms with Crippen molar-refractivity contribution < 1.29 is 9.53 Å². The van der Waals surface area contributed by atoms with Crippen LogP contribution in [0, 0.1) is 25.7 Å². The van der Waals surface area contributed by atoms with Crippen LogP contribution in [-0.2, 0) is 16.0 Å². The van der Waals surface area contributed by atoms with E-state index in [9.17, 15) is 4.79 Å². The fourth-order valence-electron chi connectivity index (χ4n) is 2.21. The van der Waals surface area contributed by atoms with Crippen LogP contribution in [0.15, 0.2) is 48.5 Å². The van der Waals surface area contributed by atoms with Gasteiger partial charge in [0.25, 0.3) is 0 Å². The van der Waals surface area contributed by atoms with Gasteiger partial charge in [0.15, 0.2) is 6.61 Å². The third kappa shape index (κ3) is 5.10. The first kappa shape index (κ1) is 15.9. The topological polar surface area (TPSA) is 26.3 Å². The number of hydrogen-bond acceptors (Lipinski definition) is 2. The molecule has 0 amide bonds. The molecule has 0 spiro atoms. The first-order valence-electron chi connectivity index (χ1n) is 7.41. The zero-order valence-corrected chi connectivity index (χ0v) is 13.1. The van der Waals surface area contributed by atoms with Gasteiger partial charge in [-0.05, 0) is 43.5 Å². The van der Waals surface area contributed by atoms with Crippen molar-refractivity contribution in [3.8, 4) is 11.8 Å². The maximum absolute atomic E-state index is 11.7. The molecule has 2 nitrogen and oxygen atoms in total. The van der Waals surface area contributed by atoms with Crippen LogP contribution < -0.4 is 0 Å². The van der Waals surface area contributed by atoms with Gasteiger partial charge in [0, 0.05) is 12.0 Å². The number of carbonyl (C=O) groups is 1. The van der Waals surface area contributed by atoms with Gasteiger partial charge in [-0.2, -0.15) is 0 Å². The zero-order valence-electron chi connectivity index (χ0n) is 13.1. The van der Waals surface area contributed by atoms with Gasteiger partial charge in [0.2, 0.25) is 0 Å². The highest BCUT2D eigenvalue weighted by atomic mass is 16.5. The van der Waals surface area contributed by atoms with Crippen LogP contribution in [0.1, 0.15) is 28.7 Å². The fourth-order valence-corrected chi connectivity index (χ4v) is 2.21. The first-order chi connectivity index (χ1) is 10.6. The fraction of sp³-hybridized carbons (Fsp3) is 0.250. The Hall–Kier alpha value is -2.53. The lowest BCUT2D eigenvalue weighted by Crippen LogP contribution is -2.06. The third-order valence-electron chi connectivity index (χ3n) is 3.41. The van der Waals surface area contributed by atoms with Crippen molar-refractivity contribution in [2.24, 2.45) is 0 Å². The lowest BCUT2D eigenvalue weighted by Gasteiger charge is -2.06. The van der Waals surface area contributed by atoms with Gasteiger partial charge in [0.05, 0.1) is 0 Å². The van der Waals surface area contributed by atoms with E-state index in [-0.39, 0.29) is 12.6 Å². The SMILES string of the molecule is Cc1ccc(CCC(=O)OCC#Cc2ccccc2)c(C)c1. The van der Waals surface area contributed by atoms with E-state index < -0.39 is 0 Å². The third-order valence-corrected chi connectivity index (χ3v) is 3.41. The normalized spacial score (nSPS) is 9.73. The van der Waals surface area contributed by atoms with E-state index in [1.165, 1.54) is 16.7 Å². The van der Waals surface area contributed by atoms with Gasteiger partial charge in [-0.3, -0.25) is 4.79 Å². The molecule has 2 rings (SSSR count). The van der Waals surface area contributed by atoms with E-state index in [1.54, 1.807) is 0 Å². The first-order valence-corrected chi connectivity index (χ1v) is 7.41. The summed E-state index contributed by atoms with van der Waals surface area (Å²) in [5.41, 5.74) is 4.57. The molecule has 0 N–H and O–H groups in total. The van der Waals surface area contributed by atoms with Crippen molar-refractivity contribution in [2.45, 2.75) is 26.7 Å². The average molecular weight is 292 g/mol. The monoisotopic (exact) mass is 292 g/mol. The summed E-state index contributed by atoms with van der Waals surface area (Å²) < 4.78 is 5.14. The molecule has 0 radical (unpaired) electrons. The molecule has 2 aromatic rings. The Kier molecular flexibility index (Phi) is 5.80. The summed E-state index contributed by atoms with van der Waals surface area (Å²) in [4.78, 5) is 11.7. The minimum Gasteiger partial charge on any atom is -0.452 e. The minimum absolute atomic E-state index is 0.139. The Morgan fingerprint density at radius 2 is 1.86 bits per heavy atom. The number of ether oxygens (including phenoxy) is 1. The van der Waals surface area contributed by atoms with Crippen LogP contribution in [0.5, 0.6) is 0 Å². The number of rotatable bonds is 4. The number of esters is 1. The molecule has 0 aliphatic carbocycles. The molecule has 22 heavy (non-hydrogen) atoms. The standard InChI is InChI=1S/C20H20O2/c1-16-10-11-19(17(2)15-16)12-13-20(21)22-14-6-9-18-7-4-3-5-8-18/h3-5,7-8,10-11,15H,12-14H2,1-2H3. The molecule has 0 heterocycles. The highest BCUT2D eigenvalue weighted by Crippen LogP contribution is 2.12. The van der Waals surface area contributed by atoms with Gasteiger partial charge in [0.1, 0.15) is 0 Å². The van der Waals surface area contributed by atoms with Crippen molar-refractivity contribution in [1.82, 2.24) is 0 Å². The number of benzene rings is 2. The summed E-state index contributed by atoms with van der Waals surface area (Å²) in [5.74, 6) is 5.61. The van der Waals surface area contributed by atoms with Crippen LogP contribution in [0.25, 0.3) is 0 Å². The maximum Gasteiger partial charge on any atom is 0.307 e. The molecule has 0 atom stereocenters. The van der Waals surface area contributed by atoms with Gasteiger partial charge in [-0.1, -0.05) is 53.8 Å². The molecule has 112 valence electrons. The van der Waals surface area contributed by atoms with Crippen LogP contribution in [0.2, 0.25) is 0 Å². The average Bonchev–Trinajstić information content (AvgIpc) is 2.52. The second-order valence-corrected chi connectivity index (χ2v) is 5.26. The molecule has 0 saturated heterocycles. The molecule has 2 heteroatoms. The van der Waals surface area contributed by atoms with E-state index in [0.29, 0.717) is 12.8 Å². The van der Waals surface area contributed by atoms with Crippen LogP contribution in [0.4, 0.5) is 0 Å². The minimum atomic E-state index is -0.206. The summed E-state index contributed by atoms with van der Waals surface area (Å²) >= 11 is 0. The second-order valence-electron chi connectivity index (χ2n) is 5.26. The lowest BCUT2D eigenvalue weighted by atomic mass is 10.0. The molecule has 0 bridgehead atoms. The molecule has 0 aromatic heterocycles. The Balaban J connectivity index is 1.76. The van der Waals surface area contributed by atoms with Crippen LogP contribution >= 0.6 is 0 Å². The molecule has 0 aliphatic rings. The number of carbonyl (C=O) groups excluding carboxylic acids is 1. The predicted octanol–water partition coefficient (Wildman–Crippen LogP) is 3.83. The number of aryl methyl sites for hydroxylation is 3. The quantitative estimate of drug-likeness (QED) is 0.632. The molecule has 0 saturated carbocycles. The lowest BCUT2D eigenvalue weighted by molar-refractivity contribution is -0.142. The highest BCUT2D eigenvalue weighted by molar-refractivity contribution is 5.70.